The number of aromatic nitrogens is 2. The van der Waals surface area contributed by atoms with Gasteiger partial charge in [-0.2, -0.15) is 13.2 Å². The molecule has 188 valence electrons. The number of fused-ring (bicyclic) bond motifs is 1. The van der Waals surface area contributed by atoms with Crippen LogP contribution in [0, 0.1) is 11.6 Å². The number of amides is 1. The molecule has 0 aliphatic rings. The van der Waals surface area contributed by atoms with Crippen LogP contribution in [0.4, 0.5) is 39.1 Å². The molecule has 0 radical (unpaired) electrons. The molecule has 2 aromatic carbocycles. The Bertz CT molecular complexity index is 1370. The van der Waals surface area contributed by atoms with E-state index in [-0.39, 0.29) is 33.8 Å². The Balaban J connectivity index is 1.91. The summed E-state index contributed by atoms with van der Waals surface area (Å²) in [5.74, 6) is 0.569. The van der Waals surface area contributed by atoms with Gasteiger partial charge in [-0.25, -0.2) is 23.0 Å². The summed E-state index contributed by atoms with van der Waals surface area (Å²) in [5, 5.41) is 4.38. The molecule has 2 atom stereocenters. The number of carbonyl (C=O) groups excluding carboxylic acids is 1. The van der Waals surface area contributed by atoms with E-state index in [2.05, 4.69) is 25.9 Å². The minimum Gasteiger partial charge on any atom is -0.479 e. The zero-order valence-corrected chi connectivity index (χ0v) is 19.2. The van der Waals surface area contributed by atoms with Crippen LogP contribution in [0.1, 0.15) is 6.92 Å². The molecule has 35 heavy (non-hydrogen) atoms. The van der Waals surface area contributed by atoms with Gasteiger partial charge in [-0.1, -0.05) is 0 Å². The Kier molecular flexibility index (Phi) is 7.33. The van der Waals surface area contributed by atoms with Gasteiger partial charge in [0, 0.05) is 22.0 Å². The zero-order chi connectivity index (χ0) is 26.0. The number of alkyl halides is 3. The third-order valence-electron chi connectivity index (χ3n) is 4.36. The van der Waals surface area contributed by atoms with Gasteiger partial charge in [0.15, 0.2) is 6.10 Å². The zero-order valence-electron chi connectivity index (χ0n) is 18.4. The SMILES string of the molecule is C=S(C)(=O)Nc1cc(F)c2c(Nc3ccc(F)cc3OC(C)C(=O)NCC(F)(F)F)ncnc2c1. The third-order valence-corrected chi connectivity index (χ3v) is 5.02. The molecule has 0 aliphatic heterocycles. The molecular weight excluding hydrogens is 497 g/mol. The lowest BCUT2D eigenvalue weighted by molar-refractivity contribution is -0.142. The van der Waals surface area contributed by atoms with Crippen molar-refractivity contribution in [2.45, 2.75) is 19.2 Å². The molecule has 8 nitrogen and oxygen atoms in total. The second kappa shape index (κ2) is 9.90. The third kappa shape index (κ3) is 7.15. The average Bonchev–Trinajstić information content (AvgIpc) is 2.72. The first kappa shape index (κ1) is 25.9. The molecule has 2 unspecified atom stereocenters. The molecule has 1 aromatic heterocycles. The van der Waals surface area contributed by atoms with E-state index in [0.717, 1.165) is 24.5 Å². The maximum absolute atomic E-state index is 14.9. The van der Waals surface area contributed by atoms with Crippen molar-refractivity contribution in [3.05, 3.63) is 48.3 Å². The van der Waals surface area contributed by atoms with Crippen LogP contribution in [0.5, 0.6) is 5.75 Å². The number of nitrogens with one attached hydrogen (secondary N) is 3. The van der Waals surface area contributed by atoms with Crippen molar-refractivity contribution in [1.82, 2.24) is 15.3 Å². The Hall–Kier alpha value is -3.68. The van der Waals surface area contributed by atoms with Gasteiger partial charge in [0.25, 0.3) is 5.91 Å². The van der Waals surface area contributed by atoms with Gasteiger partial charge in [-0.3, -0.25) is 4.79 Å². The summed E-state index contributed by atoms with van der Waals surface area (Å²) >= 11 is 0. The van der Waals surface area contributed by atoms with E-state index in [1.54, 1.807) is 5.32 Å². The molecule has 1 amide bonds. The summed E-state index contributed by atoms with van der Waals surface area (Å²) < 4.78 is 85.7. The first-order valence-corrected chi connectivity index (χ1v) is 12.0. The number of halogens is 5. The van der Waals surface area contributed by atoms with E-state index in [1.165, 1.54) is 25.3 Å². The predicted molar refractivity (Wildman–Crippen MR) is 123 cm³/mol. The molecular formula is C21H20F5N5O3S. The lowest BCUT2D eigenvalue weighted by Gasteiger charge is -2.19. The highest BCUT2D eigenvalue weighted by atomic mass is 32.2. The number of nitrogens with zero attached hydrogens (tertiary/aromatic N) is 2. The number of carbonyl (C=O) groups is 1. The highest BCUT2D eigenvalue weighted by molar-refractivity contribution is 8.00. The molecule has 3 N–H and O–H groups in total. The highest BCUT2D eigenvalue weighted by Gasteiger charge is 2.29. The largest absolute Gasteiger partial charge is 0.479 e. The van der Waals surface area contributed by atoms with Crippen molar-refractivity contribution in [2.75, 3.05) is 22.8 Å². The van der Waals surface area contributed by atoms with Crippen LogP contribution < -0.4 is 20.1 Å². The maximum atomic E-state index is 14.9. The van der Waals surface area contributed by atoms with E-state index in [4.69, 9.17) is 4.74 Å². The van der Waals surface area contributed by atoms with Gasteiger partial charge < -0.3 is 20.1 Å². The summed E-state index contributed by atoms with van der Waals surface area (Å²) in [6.07, 6.45) is -3.57. The quantitative estimate of drug-likeness (QED) is 0.310. The van der Waals surface area contributed by atoms with Crippen LogP contribution in [0.2, 0.25) is 0 Å². The van der Waals surface area contributed by atoms with Crippen LogP contribution in [0.15, 0.2) is 36.7 Å². The Morgan fingerprint density at radius 3 is 2.57 bits per heavy atom. The molecule has 1 heterocycles. The topological polar surface area (TPSA) is 105 Å². The lowest BCUT2D eigenvalue weighted by atomic mass is 10.2. The fourth-order valence-electron chi connectivity index (χ4n) is 2.94. The van der Waals surface area contributed by atoms with E-state index >= 15 is 0 Å². The Morgan fingerprint density at radius 1 is 1.20 bits per heavy atom. The number of rotatable bonds is 8. The molecule has 0 saturated heterocycles. The number of ether oxygens (including phenoxy) is 1. The van der Waals surface area contributed by atoms with Gasteiger partial charge in [-0.15, -0.1) is 0 Å². The molecule has 3 aromatic rings. The van der Waals surface area contributed by atoms with Crippen molar-refractivity contribution in [2.24, 2.45) is 0 Å². The summed E-state index contributed by atoms with van der Waals surface area (Å²) in [5.41, 5.74) is 0.364. The van der Waals surface area contributed by atoms with Crippen molar-refractivity contribution < 1.29 is 35.7 Å². The van der Waals surface area contributed by atoms with Gasteiger partial charge in [0.2, 0.25) is 0 Å². The van der Waals surface area contributed by atoms with Gasteiger partial charge in [0.1, 0.15) is 36.1 Å². The van der Waals surface area contributed by atoms with Crippen molar-refractivity contribution in [3.63, 3.8) is 0 Å². The van der Waals surface area contributed by atoms with Crippen molar-refractivity contribution >= 4 is 49.6 Å². The molecule has 14 heteroatoms. The summed E-state index contributed by atoms with van der Waals surface area (Å²) in [4.78, 5) is 19.9. The lowest BCUT2D eigenvalue weighted by Crippen LogP contribution is -2.41. The standard InChI is InChI=1S/C21H20F5N5O3S/c1-11(20(32)27-9-21(24,25)26)34-17-6-12(22)4-5-15(17)30-19-18-14(23)7-13(31-35(2,3)33)8-16(18)28-10-29-19/h4-8,10-11H,2,9H2,1,3H3,(H,27,32)(H,31,33)(H,28,29,30). The highest BCUT2D eigenvalue weighted by Crippen LogP contribution is 2.33. The molecule has 0 aliphatic carbocycles. The normalized spacial score (nSPS) is 14.1. The summed E-state index contributed by atoms with van der Waals surface area (Å²) in [7, 11) is -2.68. The van der Waals surface area contributed by atoms with Gasteiger partial charge in [0.05, 0.1) is 22.3 Å². The first-order valence-electron chi connectivity index (χ1n) is 9.84. The van der Waals surface area contributed by atoms with E-state index in [9.17, 15) is 31.0 Å². The fourth-order valence-corrected chi connectivity index (χ4v) is 3.56. The summed E-state index contributed by atoms with van der Waals surface area (Å²) in [6, 6.07) is 5.68. The van der Waals surface area contributed by atoms with Crippen LogP contribution >= 0.6 is 0 Å². The van der Waals surface area contributed by atoms with Gasteiger partial charge in [-0.05, 0) is 37.1 Å². The number of benzene rings is 2. The molecule has 3 rings (SSSR count). The van der Waals surface area contributed by atoms with E-state index < -0.39 is 46.1 Å². The van der Waals surface area contributed by atoms with E-state index in [1.807, 2.05) is 0 Å². The van der Waals surface area contributed by atoms with Crippen molar-refractivity contribution in [1.29, 1.82) is 0 Å². The predicted octanol–water partition coefficient (Wildman–Crippen LogP) is 3.77. The smallest absolute Gasteiger partial charge is 0.405 e. The number of anilines is 3. The van der Waals surface area contributed by atoms with Crippen molar-refractivity contribution in [3.8, 4) is 5.75 Å². The second-order valence-electron chi connectivity index (χ2n) is 7.54. The van der Waals surface area contributed by atoms with E-state index in [0.29, 0.717) is 0 Å². The second-order valence-corrected chi connectivity index (χ2v) is 9.75. The van der Waals surface area contributed by atoms with Crippen LogP contribution in [-0.2, 0) is 14.5 Å². The monoisotopic (exact) mass is 517 g/mol. The fraction of sp³-hybridized carbons (Fsp3) is 0.238. The first-order chi connectivity index (χ1) is 16.2. The van der Waals surface area contributed by atoms with Gasteiger partial charge >= 0.3 is 6.18 Å². The van der Waals surface area contributed by atoms with Crippen LogP contribution in [0.3, 0.4) is 0 Å². The number of hydrogen-bond acceptors (Lipinski definition) is 6. The minimum absolute atomic E-state index is 0.0449. The van der Waals surface area contributed by atoms with Crippen LogP contribution in [0.25, 0.3) is 10.9 Å². The summed E-state index contributed by atoms with van der Waals surface area (Å²) in [6.45, 7) is -0.374. The molecule has 0 bridgehead atoms. The molecule has 0 fully saturated rings. The maximum Gasteiger partial charge on any atom is 0.405 e. The number of hydrogen-bond donors (Lipinski definition) is 3. The molecule has 0 spiro atoms. The average molecular weight is 517 g/mol. The Labute approximate surface area is 197 Å². The molecule has 0 saturated carbocycles. The Morgan fingerprint density at radius 2 is 1.91 bits per heavy atom. The van der Waals surface area contributed by atoms with Crippen LogP contribution in [-0.4, -0.2) is 51.0 Å². The minimum atomic E-state index is -4.62.